The van der Waals surface area contributed by atoms with E-state index in [0.29, 0.717) is 22.3 Å². The quantitative estimate of drug-likeness (QED) is 0.788. The number of hydrogen-bond acceptors (Lipinski definition) is 2. The van der Waals surface area contributed by atoms with Crippen LogP contribution in [0.1, 0.15) is 38.2 Å². The van der Waals surface area contributed by atoms with Crippen molar-refractivity contribution in [3.63, 3.8) is 0 Å². The Bertz CT molecular complexity index is 438. The molecular weight excluding hydrogens is 234 g/mol. The lowest BCUT2D eigenvalue weighted by molar-refractivity contribution is 0.129. The van der Waals surface area contributed by atoms with E-state index in [4.69, 9.17) is 21.6 Å². The van der Waals surface area contributed by atoms with E-state index in [1.807, 2.05) is 12.1 Å². The van der Waals surface area contributed by atoms with Gasteiger partial charge in [-0.2, -0.15) is 5.26 Å². The maximum Gasteiger partial charge on any atom is 0.139 e. The van der Waals surface area contributed by atoms with Gasteiger partial charge in [0.1, 0.15) is 17.4 Å². The third-order valence-electron chi connectivity index (χ3n) is 3.27. The van der Waals surface area contributed by atoms with Crippen LogP contribution in [0.3, 0.4) is 0 Å². The van der Waals surface area contributed by atoms with Gasteiger partial charge in [-0.1, -0.05) is 31.0 Å². The van der Waals surface area contributed by atoms with Crippen LogP contribution in [0.15, 0.2) is 18.2 Å². The number of ether oxygens (including phenoxy) is 1. The Morgan fingerprint density at radius 1 is 1.41 bits per heavy atom. The van der Waals surface area contributed by atoms with Crippen molar-refractivity contribution in [3.05, 3.63) is 28.8 Å². The Morgan fingerprint density at radius 2 is 2.24 bits per heavy atom. The highest BCUT2D eigenvalue weighted by atomic mass is 35.5. The van der Waals surface area contributed by atoms with E-state index in [9.17, 15) is 0 Å². The molecule has 0 heterocycles. The zero-order valence-corrected chi connectivity index (χ0v) is 10.7. The van der Waals surface area contributed by atoms with E-state index in [1.54, 1.807) is 6.07 Å². The van der Waals surface area contributed by atoms with Crippen molar-refractivity contribution < 1.29 is 4.74 Å². The first kappa shape index (κ1) is 12.3. The van der Waals surface area contributed by atoms with Gasteiger partial charge >= 0.3 is 0 Å². The molecule has 0 bridgehead atoms. The van der Waals surface area contributed by atoms with Gasteiger partial charge in [0.15, 0.2) is 0 Å². The molecule has 90 valence electrons. The number of halogens is 1. The van der Waals surface area contributed by atoms with Crippen molar-refractivity contribution in [1.29, 1.82) is 5.26 Å². The molecule has 1 fully saturated rings. The van der Waals surface area contributed by atoms with Crippen LogP contribution >= 0.6 is 11.6 Å². The minimum Gasteiger partial charge on any atom is -0.489 e. The van der Waals surface area contributed by atoms with E-state index in [-0.39, 0.29) is 6.10 Å². The molecular formula is C14H16ClNO. The summed E-state index contributed by atoms with van der Waals surface area (Å²) in [7, 11) is 0. The van der Waals surface area contributed by atoms with Gasteiger partial charge in [-0.15, -0.1) is 0 Å². The number of nitriles is 1. The van der Waals surface area contributed by atoms with Crippen LogP contribution in [0, 0.1) is 17.2 Å². The van der Waals surface area contributed by atoms with E-state index in [1.165, 1.54) is 12.8 Å². The average molecular weight is 250 g/mol. The lowest BCUT2D eigenvalue weighted by Gasteiger charge is -2.27. The van der Waals surface area contributed by atoms with Gasteiger partial charge in [0, 0.05) is 0 Å². The fourth-order valence-corrected chi connectivity index (χ4v) is 2.58. The predicted octanol–water partition coefficient (Wildman–Crippen LogP) is 4.17. The molecule has 0 amide bonds. The SMILES string of the molecule is CC1CCCC(Oc2cccc(Cl)c2C#N)C1. The van der Waals surface area contributed by atoms with Gasteiger partial charge in [0.05, 0.1) is 11.1 Å². The summed E-state index contributed by atoms with van der Waals surface area (Å²) in [5, 5.41) is 9.53. The fourth-order valence-electron chi connectivity index (χ4n) is 2.38. The highest BCUT2D eigenvalue weighted by molar-refractivity contribution is 6.31. The zero-order chi connectivity index (χ0) is 12.3. The summed E-state index contributed by atoms with van der Waals surface area (Å²) in [5.41, 5.74) is 0.451. The lowest BCUT2D eigenvalue weighted by Crippen LogP contribution is -2.24. The first-order valence-electron chi connectivity index (χ1n) is 6.06. The van der Waals surface area contributed by atoms with Crippen LogP contribution < -0.4 is 4.74 Å². The molecule has 3 heteroatoms. The first-order valence-corrected chi connectivity index (χ1v) is 6.43. The number of hydrogen-bond donors (Lipinski definition) is 0. The largest absolute Gasteiger partial charge is 0.489 e. The molecule has 1 aliphatic rings. The third kappa shape index (κ3) is 2.92. The molecule has 0 aliphatic heterocycles. The van der Waals surface area contributed by atoms with Crippen LogP contribution in [0.2, 0.25) is 5.02 Å². The van der Waals surface area contributed by atoms with Crippen molar-refractivity contribution >= 4 is 11.6 Å². The van der Waals surface area contributed by atoms with Crippen molar-refractivity contribution in [2.45, 2.75) is 38.7 Å². The summed E-state index contributed by atoms with van der Waals surface area (Å²) in [4.78, 5) is 0. The second-order valence-corrected chi connectivity index (χ2v) is 5.14. The second kappa shape index (κ2) is 5.42. The third-order valence-corrected chi connectivity index (χ3v) is 3.58. The molecule has 0 N–H and O–H groups in total. The van der Waals surface area contributed by atoms with Crippen LogP contribution in [-0.4, -0.2) is 6.10 Å². The molecule has 2 atom stereocenters. The highest BCUT2D eigenvalue weighted by Crippen LogP contribution is 2.31. The highest BCUT2D eigenvalue weighted by Gasteiger charge is 2.21. The molecule has 17 heavy (non-hydrogen) atoms. The first-order chi connectivity index (χ1) is 8.20. The molecule has 1 saturated carbocycles. The summed E-state index contributed by atoms with van der Waals surface area (Å²) >= 11 is 5.97. The molecule has 2 rings (SSSR count). The molecule has 1 aliphatic carbocycles. The van der Waals surface area contributed by atoms with Gasteiger partial charge in [-0.05, 0) is 37.3 Å². The van der Waals surface area contributed by atoms with Crippen molar-refractivity contribution in [1.82, 2.24) is 0 Å². The predicted molar refractivity (Wildman–Crippen MR) is 68.2 cm³/mol. The molecule has 1 aromatic carbocycles. The smallest absolute Gasteiger partial charge is 0.139 e. The normalized spacial score (nSPS) is 24.1. The molecule has 1 aromatic rings. The molecule has 2 unspecified atom stereocenters. The minimum absolute atomic E-state index is 0.226. The van der Waals surface area contributed by atoms with Gasteiger partial charge in [-0.3, -0.25) is 0 Å². The molecule has 0 saturated heterocycles. The van der Waals surface area contributed by atoms with Gasteiger partial charge in [-0.25, -0.2) is 0 Å². The maximum absolute atomic E-state index is 9.07. The van der Waals surface area contributed by atoms with Crippen LogP contribution in [-0.2, 0) is 0 Å². The summed E-state index contributed by atoms with van der Waals surface area (Å²) in [6.45, 7) is 2.25. The van der Waals surface area contributed by atoms with Crippen molar-refractivity contribution in [2.24, 2.45) is 5.92 Å². The number of rotatable bonds is 2. The van der Waals surface area contributed by atoms with E-state index < -0.39 is 0 Å². The standard InChI is InChI=1S/C14H16ClNO/c1-10-4-2-5-11(8-10)17-14-7-3-6-13(15)12(14)9-16/h3,6-7,10-11H,2,4-5,8H2,1H3. The van der Waals surface area contributed by atoms with Crippen LogP contribution in [0.4, 0.5) is 0 Å². The van der Waals surface area contributed by atoms with E-state index in [2.05, 4.69) is 13.0 Å². The topological polar surface area (TPSA) is 33.0 Å². The van der Waals surface area contributed by atoms with Crippen LogP contribution in [0.5, 0.6) is 5.75 Å². The second-order valence-electron chi connectivity index (χ2n) is 4.74. The summed E-state index contributed by atoms with van der Waals surface area (Å²) in [6, 6.07) is 7.47. The number of nitrogens with zero attached hydrogens (tertiary/aromatic N) is 1. The number of benzene rings is 1. The fraction of sp³-hybridized carbons (Fsp3) is 0.500. The molecule has 0 spiro atoms. The van der Waals surface area contributed by atoms with Crippen LogP contribution in [0.25, 0.3) is 0 Å². The monoisotopic (exact) mass is 249 g/mol. The van der Waals surface area contributed by atoms with Crippen molar-refractivity contribution in [3.8, 4) is 11.8 Å². The van der Waals surface area contributed by atoms with Gasteiger partial charge in [0.25, 0.3) is 0 Å². The average Bonchev–Trinajstić information content (AvgIpc) is 2.29. The Balaban J connectivity index is 2.13. The van der Waals surface area contributed by atoms with Gasteiger partial charge < -0.3 is 4.74 Å². The summed E-state index contributed by atoms with van der Waals surface area (Å²) in [6.07, 6.45) is 4.85. The minimum atomic E-state index is 0.226. The lowest BCUT2D eigenvalue weighted by atomic mass is 9.88. The molecule has 0 radical (unpaired) electrons. The molecule has 0 aromatic heterocycles. The summed E-state index contributed by atoms with van der Waals surface area (Å²) in [5.74, 6) is 1.33. The Kier molecular flexibility index (Phi) is 3.91. The Labute approximate surface area is 107 Å². The zero-order valence-electron chi connectivity index (χ0n) is 9.95. The van der Waals surface area contributed by atoms with E-state index in [0.717, 1.165) is 12.8 Å². The maximum atomic E-state index is 9.07. The molecule has 2 nitrogen and oxygen atoms in total. The Hall–Kier alpha value is -1.20. The van der Waals surface area contributed by atoms with Crippen molar-refractivity contribution in [2.75, 3.05) is 0 Å². The van der Waals surface area contributed by atoms with Gasteiger partial charge in [0.2, 0.25) is 0 Å². The summed E-state index contributed by atoms with van der Waals surface area (Å²) < 4.78 is 5.92. The Morgan fingerprint density at radius 3 is 2.94 bits per heavy atom. The van der Waals surface area contributed by atoms with E-state index >= 15 is 0 Å².